The van der Waals surface area contributed by atoms with Crippen LogP contribution in [0.25, 0.3) is 27.3 Å². The summed E-state index contributed by atoms with van der Waals surface area (Å²) in [5, 5.41) is 17.9. The Morgan fingerprint density at radius 2 is 1.95 bits per heavy atom. The van der Waals surface area contributed by atoms with Gasteiger partial charge in [0.15, 0.2) is 18.2 Å². The first-order valence-electron chi connectivity index (χ1n) is 12.5. The lowest BCUT2D eigenvalue weighted by Crippen LogP contribution is -2.24. The van der Waals surface area contributed by atoms with E-state index in [1.165, 1.54) is 17.1 Å². The highest BCUT2D eigenvalue weighted by Crippen LogP contribution is 2.32. The van der Waals surface area contributed by atoms with Crippen molar-refractivity contribution in [3.05, 3.63) is 95.9 Å². The van der Waals surface area contributed by atoms with Crippen molar-refractivity contribution in [2.24, 2.45) is 0 Å². The lowest BCUT2D eigenvalue weighted by Gasteiger charge is -2.26. The van der Waals surface area contributed by atoms with Crippen molar-refractivity contribution in [2.75, 3.05) is 18.6 Å². The van der Waals surface area contributed by atoms with Gasteiger partial charge in [-0.2, -0.15) is 15.5 Å². The lowest BCUT2D eigenvalue weighted by molar-refractivity contribution is 0.265. The molecule has 10 nitrogen and oxygen atoms in total. The molecule has 0 saturated carbocycles. The van der Waals surface area contributed by atoms with Gasteiger partial charge >= 0.3 is 0 Å². The van der Waals surface area contributed by atoms with Crippen LogP contribution in [0.2, 0.25) is 0 Å². The minimum Gasteiger partial charge on any atom is -0.484 e. The zero-order valence-corrected chi connectivity index (χ0v) is 22.4. The van der Waals surface area contributed by atoms with Gasteiger partial charge in [0.05, 0.1) is 41.9 Å². The monoisotopic (exact) mass is 535 g/mol. The van der Waals surface area contributed by atoms with E-state index in [1.807, 2.05) is 57.0 Å². The van der Waals surface area contributed by atoms with Crippen molar-refractivity contribution >= 4 is 11.3 Å². The van der Waals surface area contributed by atoms with Gasteiger partial charge in [-0.1, -0.05) is 6.07 Å². The number of ether oxygens (including phenoxy) is 1. The number of hydrogen-bond donors (Lipinski definition) is 0. The third-order valence-corrected chi connectivity index (χ3v) is 6.64. The summed E-state index contributed by atoms with van der Waals surface area (Å²) in [6, 6.07) is 11.6. The fraction of sp³-hybridized carbons (Fsp3) is 0.241. The number of nitriles is 1. The molecule has 0 fully saturated rings. The molecule has 0 saturated heterocycles. The van der Waals surface area contributed by atoms with E-state index in [9.17, 15) is 9.65 Å². The van der Waals surface area contributed by atoms with E-state index in [-0.39, 0.29) is 12.6 Å². The van der Waals surface area contributed by atoms with Crippen molar-refractivity contribution in [1.82, 2.24) is 29.4 Å². The Balaban J connectivity index is 1.40. The Kier molecular flexibility index (Phi) is 6.89. The number of fused-ring (bicyclic) bond motifs is 1. The van der Waals surface area contributed by atoms with Crippen LogP contribution in [0.15, 0.2) is 67.5 Å². The van der Waals surface area contributed by atoms with Gasteiger partial charge < -0.3 is 14.5 Å². The van der Waals surface area contributed by atoms with E-state index in [2.05, 4.69) is 26.1 Å². The molecule has 0 unspecified atom stereocenters. The molecule has 5 rings (SSSR count). The second-order valence-corrected chi connectivity index (χ2v) is 10.0. The maximum atomic E-state index is 13.3. The van der Waals surface area contributed by atoms with Gasteiger partial charge in [0, 0.05) is 44.4 Å². The zero-order chi connectivity index (χ0) is 28.4. The number of rotatable bonds is 8. The van der Waals surface area contributed by atoms with E-state index in [4.69, 9.17) is 16.3 Å². The summed E-state index contributed by atoms with van der Waals surface area (Å²) in [5.74, 6) is 1.38. The molecule has 0 spiro atoms. The Hall–Kier alpha value is -5.29. The number of hydrogen-bond acceptors (Lipinski definition) is 7. The normalized spacial score (nSPS) is 12.1. The van der Waals surface area contributed by atoms with E-state index in [0.29, 0.717) is 22.6 Å². The Morgan fingerprint density at radius 3 is 2.58 bits per heavy atom. The second kappa shape index (κ2) is 10.5. The van der Waals surface area contributed by atoms with Crippen LogP contribution in [0.5, 0.6) is 5.75 Å². The standard InChI is InChI=1S/C29H26FN9O/c1-19(20-6-9-27(34-12-20)38-16-23(30)15-36-38)37(5)26-8-7-21(13-33-26)25-10-24(40-18-29(2,3)32-4)17-39-28(25)22(11-31)14-35-39/h6-10,12-17,19H,18H2,1-3,5H3/t19-/m0/s1. The molecule has 11 heteroatoms. The first kappa shape index (κ1) is 26.3. The molecule has 0 N–H and O–H groups in total. The van der Waals surface area contributed by atoms with Crippen LogP contribution in [-0.4, -0.2) is 48.6 Å². The molecule has 0 aliphatic rings. The highest BCUT2D eigenvalue weighted by atomic mass is 19.1. The molecule has 0 bridgehead atoms. The lowest BCUT2D eigenvalue weighted by atomic mass is 10.0. The first-order valence-corrected chi connectivity index (χ1v) is 12.5. The van der Waals surface area contributed by atoms with Gasteiger partial charge in [-0.15, -0.1) is 0 Å². The van der Waals surface area contributed by atoms with Crippen molar-refractivity contribution in [3.63, 3.8) is 0 Å². The Bertz CT molecular complexity index is 1740. The van der Waals surface area contributed by atoms with Crippen LogP contribution in [0.4, 0.5) is 10.2 Å². The summed E-state index contributed by atoms with van der Waals surface area (Å²) in [7, 11) is 1.94. The van der Waals surface area contributed by atoms with Gasteiger partial charge in [0.25, 0.3) is 5.54 Å². The molecule has 1 atom stereocenters. The van der Waals surface area contributed by atoms with Gasteiger partial charge in [-0.25, -0.2) is 30.1 Å². The molecule has 5 heterocycles. The van der Waals surface area contributed by atoms with Crippen LogP contribution in [0.3, 0.4) is 0 Å². The molecule has 200 valence electrons. The highest BCUT2D eigenvalue weighted by Gasteiger charge is 2.24. The van der Waals surface area contributed by atoms with Crippen molar-refractivity contribution in [1.29, 1.82) is 5.26 Å². The van der Waals surface area contributed by atoms with E-state index in [1.54, 1.807) is 29.2 Å². The summed E-state index contributed by atoms with van der Waals surface area (Å²) in [5.41, 5.74) is 2.91. The molecule has 0 radical (unpaired) electrons. The first-order chi connectivity index (χ1) is 19.2. The topological polar surface area (TPSA) is 102 Å². The van der Waals surface area contributed by atoms with E-state index in [0.717, 1.165) is 28.7 Å². The molecular weight excluding hydrogens is 509 g/mol. The number of nitrogens with zero attached hydrogens (tertiary/aromatic N) is 9. The van der Waals surface area contributed by atoms with Gasteiger partial charge in [0.2, 0.25) is 0 Å². The molecule has 0 aliphatic heterocycles. The largest absolute Gasteiger partial charge is 0.484 e. The SMILES string of the molecule is [C-]#[N+]C(C)(C)COc1cc(-c2ccc(N(C)[C@@H](C)c3ccc(-n4cc(F)cn4)nc3)nc2)c2c(C#N)cnn2c1. The van der Waals surface area contributed by atoms with Crippen molar-refractivity contribution in [2.45, 2.75) is 32.4 Å². The summed E-state index contributed by atoms with van der Waals surface area (Å²) < 4.78 is 22.2. The highest BCUT2D eigenvalue weighted by molar-refractivity contribution is 5.85. The zero-order valence-electron chi connectivity index (χ0n) is 22.4. The molecule has 0 amide bonds. The summed E-state index contributed by atoms with van der Waals surface area (Å²) in [4.78, 5) is 14.7. The molecule has 5 aromatic rings. The van der Waals surface area contributed by atoms with Crippen LogP contribution >= 0.6 is 0 Å². The number of aromatic nitrogens is 6. The third-order valence-electron chi connectivity index (χ3n) is 6.64. The van der Waals surface area contributed by atoms with Crippen molar-refractivity contribution < 1.29 is 9.13 Å². The van der Waals surface area contributed by atoms with Gasteiger partial charge in [-0.05, 0) is 36.8 Å². The average molecular weight is 536 g/mol. The number of anilines is 1. The molecular formula is C29H26FN9O. The molecule has 5 aromatic heterocycles. The molecule has 40 heavy (non-hydrogen) atoms. The minimum atomic E-state index is -0.672. The molecule has 0 aromatic carbocycles. The predicted molar refractivity (Wildman–Crippen MR) is 147 cm³/mol. The third kappa shape index (κ3) is 5.18. The molecule has 0 aliphatic carbocycles. The summed E-state index contributed by atoms with van der Waals surface area (Å²) in [6.07, 6.45) is 9.13. The smallest absolute Gasteiger partial charge is 0.260 e. The second-order valence-electron chi connectivity index (χ2n) is 10.0. The number of pyridine rings is 3. The summed E-state index contributed by atoms with van der Waals surface area (Å²) >= 11 is 0. The quantitative estimate of drug-likeness (QED) is 0.250. The maximum absolute atomic E-state index is 13.3. The van der Waals surface area contributed by atoms with Crippen LogP contribution in [-0.2, 0) is 0 Å². The number of halogens is 1. The Labute approximate surface area is 230 Å². The van der Waals surface area contributed by atoms with Crippen LogP contribution in [0.1, 0.15) is 37.9 Å². The van der Waals surface area contributed by atoms with E-state index >= 15 is 0 Å². The maximum Gasteiger partial charge on any atom is 0.260 e. The predicted octanol–water partition coefficient (Wildman–Crippen LogP) is 5.26. The van der Waals surface area contributed by atoms with Crippen LogP contribution in [0, 0.1) is 23.7 Å². The average Bonchev–Trinajstić information content (AvgIpc) is 3.61. The van der Waals surface area contributed by atoms with Crippen LogP contribution < -0.4 is 9.64 Å². The van der Waals surface area contributed by atoms with Gasteiger partial charge in [-0.3, -0.25) is 0 Å². The fourth-order valence-electron chi connectivity index (χ4n) is 4.15. The summed E-state index contributed by atoms with van der Waals surface area (Å²) in [6.45, 7) is 13.2. The fourth-order valence-corrected chi connectivity index (χ4v) is 4.15. The van der Waals surface area contributed by atoms with Gasteiger partial charge in [0.1, 0.15) is 17.6 Å². The Morgan fingerprint density at radius 1 is 1.12 bits per heavy atom. The minimum absolute atomic E-state index is 0.0523. The van der Waals surface area contributed by atoms with Crippen molar-refractivity contribution in [3.8, 4) is 28.8 Å². The van der Waals surface area contributed by atoms with E-state index < -0.39 is 11.4 Å².